The molecule has 1 heterocycles. The number of H-pyrrole nitrogens is 1. The molecule has 3 unspecified atom stereocenters. The lowest BCUT2D eigenvalue weighted by Gasteiger charge is -2.36. The van der Waals surface area contributed by atoms with Crippen molar-refractivity contribution in [1.82, 2.24) is 15.3 Å². The molecule has 3 nitrogen and oxygen atoms in total. The Hall–Kier alpha value is -0.830. The van der Waals surface area contributed by atoms with Crippen LogP contribution < -0.4 is 5.32 Å². The predicted molar refractivity (Wildman–Crippen MR) is 70.7 cm³/mol. The zero-order chi connectivity index (χ0) is 12.3. The summed E-state index contributed by atoms with van der Waals surface area (Å²) in [7, 11) is 0. The Labute approximate surface area is 104 Å². The van der Waals surface area contributed by atoms with Crippen LogP contribution in [0.3, 0.4) is 0 Å². The second kappa shape index (κ2) is 5.67. The van der Waals surface area contributed by atoms with Crippen molar-refractivity contribution in [2.45, 2.75) is 58.5 Å². The van der Waals surface area contributed by atoms with Gasteiger partial charge in [-0.15, -0.1) is 0 Å². The van der Waals surface area contributed by atoms with Gasteiger partial charge in [0.1, 0.15) is 5.82 Å². The average Bonchev–Trinajstić information content (AvgIpc) is 2.83. The van der Waals surface area contributed by atoms with Crippen molar-refractivity contribution in [2.24, 2.45) is 11.8 Å². The van der Waals surface area contributed by atoms with Crippen LogP contribution in [-0.2, 0) is 0 Å². The van der Waals surface area contributed by atoms with E-state index < -0.39 is 0 Å². The van der Waals surface area contributed by atoms with Gasteiger partial charge >= 0.3 is 0 Å². The van der Waals surface area contributed by atoms with Gasteiger partial charge in [-0.05, 0) is 31.6 Å². The molecule has 1 aliphatic carbocycles. The molecule has 17 heavy (non-hydrogen) atoms. The number of rotatable bonds is 4. The molecule has 1 saturated carbocycles. The Morgan fingerprint density at radius 3 is 2.71 bits per heavy atom. The number of hydrogen-bond acceptors (Lipinski definition) is 2. The van der Waals surface area contributed by atoms with Crippen molar-refractivity contribution < 1.29 is 0 Å². The molecule has 1 aromatic heterocycles. The van der Waals surface area contributed by atoms with Crippen LogP contribution in [0.25, 0.3) is 0 Å². The fourth-order valence-corrected chi connectivity index (χ4v) is 3.08. The maximum atomic E-state index is 4.33. The molecule has 1 aliphatic rings. The van der Waals surface area contributed by atoms with E-state index in [-0.39, 0.29) is 0 Å². The van der Waals surface area contributed by atoms with Crippen LogP contribution in [0.1, 0.15) is 58.3 Å². The third-order valence-electron chi connectivity index (χ3n) is 4.07. The molecule has 1 fully saturated rings. The summed E-state index contributed by atoms with van der Waals surface area (Å²) in [5, 5.41) is 3.76. The summed E-state index contributed by atoms with van der Waals surface area (Å²) in [5.74, 6) is 2.65. The van der Waals surface area contributed by atoms with Crippen LogP contribution in [0.4, 0.5) is 0 Å². The van der Waals surface area contributed by atoms with Crippen molar-refractivity contribution >= 4 is 0 Å². The van der Waals surface area contributed by atoms with Crippen molar-refractivity contribution in [1.29, 1.82) is 0 Å². The minimum atomic E-state index is 0.328. The second-order valence-electron chi connectivity index (χ2n) is 5.66. The number of hydrogen-bond donors (Lipinski definition) is 2. The van der Waals surface area contributed by atoms with Crippen molar-refractivity contribution in [3.63, 3.8) is 0 Å². The van der Waals surface area contributed by atoms with Gasteiger partial charge in [-0.1, -0.05) is 26.7 Å². The van der Waals surface area contributed by atoms with Crippen LogP contribution in [0, 0.1) is 11.8 Å². The summed E-state index contributed by atoms with van der Waals surface area (Å²) in [4.78, 5) is 7.53. The van der Waals surface area contributed by atoms with E-state index in [0.717, 1.165) is 17.7 Å². The molecule has 2 rings (SSSR count). The summed E-state index contributed by atoms with van der Waals surface area (Å²) in [6.45, 7) is 6.90. The maximum absolute atomic E-state index is 4.33. The maximum Gasteiger partial charge on any atom is 0.122 e. The van der Waals surface area contributed by atoms with Gasteiger partial charge in [0.25, 0.3) is 0 Å². The zero-order valence-electron chi connectivity index (χ0n) is 11.2. The minimum absolute atomic E-state index is 0.328. The van der Waals surface area contributed by atoms with Crippen LogP contribution in [0.15, 0.2) is 12.4 Å². The van der Waals surface area contributed by atoms with E-state index in [4.69, 9.17) is 0 Å². The number of aromatic nitrogens is 2. The van der Waals surface area contributed by atoms with Gasteiger partial charge in [0.15, 0.2) is 0 Å². The van der Waals surface area contributed by atoms with Crippen LogP contribution >= 0.6 is 0 Å². The first-order chi connectivity index (χ1) is 8.18. The van der Waals surface area contributed by atoms with Crippen LogP contribution in [-0.4, -0.2) is 16.0 Å². The highest BCUT2D eigenvalue weighted by molar-refractivity contribution is 4.96. The van der Waals surface area contributed by atoms with E-state index >= 15 is 0 Å². The monoisotopic (exact) mass is 235 g/mol. The van der Waals surface area contributed by atoms with E-state index in [1.54, 1.807) is 0 Å². The molecule has 0 spiro atoms. The first-order valence-corrected chi connectivity index (χ1v) is 6.94. The number of imidazole rings is 1. The lowest BCUT2D eigenvalue weighted by Crippen LogP contribution is -2.42. The molecular formula is C14H25N3. The van der Waals surface area contributed by atoms with Gasteiger partial charge in [-0.25, -0.2) is 4.98 Å². The molecule has 0 saturated heterocycles. The lowest BCUT2D eigenvalue weighted by atomic mass is 9.77. The first kappa shape index (κ1) is 12.6. The summed E-state index contributed by atoms with van der Waals surface area (Å²) in [6.07, 6.45) is 9.18. The lowest BCUT2D eigenvalue weighted by molar-refractivity contribution is 0.193. The van der Waals surface area contributed by atoms with Gasteiger partial charge in [0.2, 0.25) is 0 Å². The molecule has 0 aliphatic heterocycles. The fourth-order valence-electron chi connectivity index (χ4n) is 3.08. The molecule has 2 N–H and O–H groups in total. The summed E-state index contributed by atoms with van der Waals surface area (Å²) < 4.78 is 0. The highest BCUT2D eigenvalue weighted by Crippen LogP contribution is 2.31. The second-order valence-corrected chi connectivity index (χ2v) is 5.66. The highest BCUT2D eigenvalue weighted by atomic mass is 15.0. The average molecular weight is 235 g/mol. The van der Waals surface area contributed by atoms with Crippen molar-refractivity contribution in [3.05, 3.63) is 18.2 Å². The largest absolute Gasteiger partial charge is 0.347 e. The topological polar surface area (TPSA) is 40.7 Å². The Balaban J connectivity index is 1.96. The molecule has 96 valence electrons. The minimum Gasteiger partial charge on any atom is -0.347 e. The Morgan fingerprint density at radius 1 is 1.29 bits per heavy atom. The molecular weight excluding hydrogens is 210 g/mol. The fraction of sp³-hybridized carbons (Fsp3) is 0.786. The molecule has 1 aromatic rings. The van der Waals surface area contributed by atoms with Gasteiger partial charge in [-0.3, -0.25) is 0 Å². The van der Waals surface area contributed by atoms with E-state index in [0.29, 0.717) is 12.1 Å². The summed E-state index contributed by atoms with van der Waals surface area (Å²) >= 11 is 0. The highest BCUT2D eigenvalue weighted by Gasteiger charge is 2.28. The number of nitrogens with one attached hydrogen (secondary N) is 2. The Bertz CT molecular complexity index is 318. The van der Waals surface area contributed by atoms with E-state index in [1.807, 2.05) is 12.4 Å². The summed E-state index contributed by atoms with van der Waals surface area (Å²) in [5.41, 5.74) is 0. The Kier molecular flexibility index (Phi) is 4.21. The number of nitrogens with zero attached hydrogens (tertiary/aromatic N) is 1. The molecule has 3 atom stereocenters. The third-order valence-corrected chi connectivity index (χ3v) is 4.07. The number of aromatic amines is 1. The van der Waals surface area contributed by atoms with E-state index in [1.165, 1.54) is 25.7 Å². The quantitative estimate of drug-likeness (QED) is 0.841. The van der Waals surface area contributed by atoms with Crippen molar-refractivity contribution in [2.75, 3.05) is 0 Å². The van der Waals surface area contributed by atoms with Gasteiger partial charge in [0, 0.05) is 18.4 Å². The van der Waals surface area contributed by atoms with E-state index in [2.05, 4.69) is 36.1 Å². The SMILES string of the molecule is CC(NC1CCCCC1C(C)C)c1ncc[nH]1. The van der Waals surface area contributed by atoms with Gasteiger partial charge in [0.05, 0.1) is 6.04 Å². The smallest absolute Gasteiger partial charge is 0.122 e. The molecule has 3 heteroatoms. The molecule has 0 bridgehead atoms. The first-order valence-electron chi connectivity index (χ1n) is 6.94. The van der Waals surface area contributed by atoms with Gasteiger partial charge < -0.3 is 10.3 Å². The van der Waals surface area contributed by atoms with Crippen LogP contribution in [0.5, 0.6) is 0 Å². The van der Waals surface area contributed by atoms with Crippen LogP contribution in [0.2, 0.25) is 0 Å². The summed E-state index contributed by atoms with van der Waals surface area (Å²) in [6, 6.07) is 0.984. The van der Waals surface area contributed by atoms with Crippen molar-refractivity contribution in [3.8, 4) is 0 Å². The van der Waals surface area contributed by atoms with Gasteiger partial charge in [-0.2, -0.15) is 0 Å². The van der Waals surface area contributed by atoms with E-state index in [9.17, 15) is 0 Å². The standard InChI is InChI=1S/C14H25N3/c1-10(2)12-6-4-5-7-13(12)17-11(3)14-15-8-9-16-14/h8-13,17H,4-7H2,1-3H3,(H,15,16). The molecule has 0 aromatic carbocycles. The zero-order valence-corrected chi connectivity index (χ0v) is 11.2. The normalized spacial score (nSPS) is 27.3. The molecule has 0 amide bonds. The predicted octanol–water partition coefficient (Wildman–Crippen LogP) is 3.28. The molecule has 0 radical (unpaired) electrons. The third kappa shape index (κ3) is 3.09. The Morgan fingerprint density at radius 2 is 2.06 bits per heavy atom.